The van der Waals surface area contributed by atoms with Crippen LogP contribution in [0.2, 0.25) is 0 Å². The SMILES string of the molecule is CCc1ccc(C[NH+]2CC[NH+](C[C@@H]3CC=CCC3)CC2)cc1. The molecular weight excluding hydrogens is 268 g/mol. The van der Waals surface area contributed by atoms with Gasteiger partial charge in [-0.25, -0.2) is 0 Å². The normalized spacial score (nSPS) is 28.7. The molecule has 2 aliphatic rings. The second-order valence-electron chi connectivity index (χ2n) is 7.20. The fourth-order valence-electron chi connectivity index (χ4n) is 3.97. The van der Waals surface area contributed by atoms with E-state index in [1.54, 1.807) is 4.90 Å². The lowest BCUT2D eigenvalue weighted by atomic mass is 9.94. The van der Waals surface area contributed by atoms with Gasteiger partial charge >= 0.3 is 0 Å². The molecule has 1 heterocycles. The fourth-order valence-corrected chi connectivity index (χ4v) is 3.97. The standard InChI is InChI=1S/C20H30N2/c1-2-18-8-10-20(11-9-18)17-22-14-12-21(13-15-22)16-19-6-4-3-5-7-19/h3-4,8-11,19H,2,5-7,12-17H2,1H3/p+2/t19-/m1/s1. The van der Waals surface area contributed by atoms with Gasteiger partial charge in [0.1, 0.15) is 32.7 Å². The average Bonchev–Trinajstić information content (AvgIpc) is 2.58. The molecule has 1 fully saturated rings. The van der Waals surface area contributed by atoms with Crippen LogP contribution < -0.4 is 9.80 Å². The maximum absolute atomic E-state index is 2.40. The highest BCUT2D eigenvalue weighted by Gasteiger charge is 2.25. The zero-order chi connectivity index (χ0) is 15.2. The van der Waals surface area contributed by atoms with Crippen molar-refractivity contribution < 1.29 is 9.80 Å². The van der Waals surface area contributed by atoms with E-state index in [1.807, 2.05) is 4.90 Å². The van der Waals surface area contributed by atoms with Crippen molar-refractivity contribution >= 4 is 0 Å². The van der Waals surface area contributed by atoms with Gasteiger partial charge in [0.05, 0.1) is 6.54 Å². The van der Waals surface area contributed by atoms with Crippen molar-refractivity contribution in [1.29, 1.82) is 0 Å². The number of benzene rings is 1. The molecule has 0 bridgehead atoms. The Morgan fingerprint density at radius 2 is 1.59 bits per heavy atom. The van der Waals surface area contributed by atoms with Gasteiger partial charge in [0, 0.05) is 11.5 Å². The first-order valence-electron chi connectivity index (χ1n) is 9.23. The second-order valence-corrected chi connectivity index (χ2v) is 7.20. The van der Waals surface area contributed by atoms with E-state index < -0.39 is 0 Å². The summed E-state index contributed by atoms with van der Waals surface area (Å²) in [6, 6.07) is 9.26. The smallest absolute Gasteiger partial charge is 0.127 e. The molecule has 0 radical (unpaired) electrons. The van der Waals surface area contributed by atoms with Crippen LogP contribution in [0.1, 0.15) is 37.3 Å². The van der Waals surface area contributed by atoms with Gasteiger partial charge in [-0.1, -0.05) is 43.3 Å². The van der Waals surface area contributed by atoms with Gasteiger partial charge in [-0.15, -0.1) is 0 Å². The summed E-state index contributed by atoms with van der Waals surface area (Å²) in [5, 5.41) is 0. The van der Waals surface area contributed by atoms with Gasteiger partial charge in [-0.3, -0.25) is 0 Å². The van der Waals surface area contributed by atoms with E-state index in [4.69, 9.17) is 0 Å². The summed E-state index contributed by atoms with van der Waals surface area (Å²) in [6.07, 6.45) is 9.95. The second kappa shape index (κ2) is 7.94. The number of aryl methyl sites for hydroxylation is 1. The predicted molar refractivity (Wildman–Crippen MR) is 92.3 cm³/mol. The minimum absolute atomic E-state index is 0.947. The Morgan fingerprint density at radius 1 is 0.909 bits per heavy atom. The molecule has 1 aliphatic heterocycles. The first-order chi connectivity index (χ1) is 10.8. The molecule has 1 aliphatic carbocycles. The molecule has 0 amide bonds. The summed E-state index contributed by atoms with van der Waals surface area (Å²) < 4.78 is 0. The van der Waals surface area contributed by atoms with Crippen LogP contribution in [0.4, 0.5) is 0 Å². The monoisotopic (exact) mass is 300 g/mol. The van der Waals surface area contributed by atoms with Crippen LogP contribution in [-0.4, -0.2) is 32.7 Å². The van der Waals surface area contributed by atoms with E-state index in [2.05, 4.69) is 43.3 Å². The van der Waals surface area contributed by atoms with Gasteiger partial charge in [-0.05, 0) is 31.2 Å². The molecule has 2 N–H and O–H groups in total. The summed E-state index contributed by atoms with van der Waals surface area (Å²) in [5.41, 5.74) is 2.96. The lowest BCUT2D eigenvalue weighted by Gasteiger charge is -2.32. The Bertz CT molecular complexity index is 469. The zero-order valence-corrected chi connectivity index (χ0v) is 14.1. The largest absolute Gasteiger partial charge is 0.325 e. The Labute approximate surface area is 135 Å². The molecule has 1 saturated heterocycles. The zero-order valence-electron chi connectivity index (χ0n) is 14.1. The highest BCUT2D eigenvalue weighted by molar-refractivity contribution is 5.21. The molecule has 2 nitrogen and oxygen atoms in total. The molecule has 0 saturated carbocycles. The van der Waals surface area contributed by atoms with Crippen molar-refractivity contribution in [2.75, 3.05) is 32.7 Å². The molecule has 1 aromatic rings. The molecular formula is C20H32N2+2. The number of hydrogen-bond acceptors (Lipinski definition) is 0. The van der Waals surface area contributed by atoms with Crippen LogP contribution in [0, 0.1) is 5.92 Å². The van der Waals surface area contributed by atoms with Crippen molar-refractivity contribution in [3.63, 3.8) is 0 Å². The Hall–Kier alpha value is -1.12. The Kier molecular flexibility index (Phi) is 5.69. The third-order valence-electron chi connectivity index (χ3n) is 5.50. The van der Waals surface area contributed by atoms with Crippen LogP contribution >= 0.6 is 0 Å². The first kappa shape index (κ1) is 15.8. The highest BCUT2D eigenvalue weighted by Crippen LogP contribution is 2.15. The maximum Gasteiger partial charge on any atom is 0.127 e. The van der Waals surface area contributed by atoms with E-state index in [0.29, 0.717) is 0 Å². The summed E-state index contributed by atoms with van der Waals surface area (Å²) in [6.45, 7) is 10.3. The molecule has 22 heavy (non-hydrogen) atoms. The van der Waals surface area contributed by atoms with Crippen LogP contribution in [0.25, 0.3) is 0 Å². The minimum atomic E-state index is 0.947. The Morgan fingerprint density at radius 3 is 2.23 bits per heavy atom. The number of quaternary nitrogens is 2. The summed E-state index contributed by atoms with van der Waals surface area (Å²) >= 11 is 0. The van der Waals surface area contributed by atoms with E-state index >= 15 is 0 Å². The first-order valence-corrected chi connectivity index (χ1v) is 9.23. The molecule has 2 heteroatoms. The number of allylic oxidation sites excluding steroid dienone is 2. The quantitative estimate of drug-likeness (QED) is 0.748. The summed E-state index contributed by atoms with van der Waals surface area (Å²) in [5.74, 6) is 0.947. The minimum Gasteiger partial charge on any atom is -0.325 e. The van der Waals surface area contributed by atoms with E-state index in [-0.39, 0.29) is 0 Å². The van der Waals surface area contributed by atoms with Crippen LogP contribution in [0.3, 0.4) is 0 Å². The van der Waals surface area contributed by atoms with Crippen LogP contribution in [-0.2, 0) is 13.0 Å². The van der Waals surface area contributed by atoms with Gasteiger partial charge in [0.2, 0.25) is 0 Å². The molecule has 0 aromatic heterocycles. The average molecular weight is 300 g/mol. The van der Waals surface area contributed by atoms with Gasteiger partial charge < -0.3 is 9.80 Å². The fraction of sp³-hybridized carbons (Fsp3) is 0.600. The van der Waals surface area contributed by atoms with Crippen LogP contribution in [0.5, 0.6) is 0 Å². The van der Waals surface area contributed by atoms with Crippen molar-refractivity contribution in [3.8, 4) is 0 Å². The van der Waals surface area contributed by atoms with Crippen LogP contribution in [0.15, 0.2) is 36.4 Å². The molecule has 1 atom stereocenters. The number of nitrogens with one attached hydrogen (secondary N) is 2. The summed E-state index contributed by atoms with van der Waals surface area (Å²) in [4.78, 5) is 3.63. The van der Waals surface area contributed by atoms with Crippen molar-refractivity contribution in [2.24, 2.45) is 5.92 Å². The molecule has 0 spiro atoms. The van der Waals surface area contributed by atoms with Crippen molar-refractivity contribution in [1.82, 2.24) is 0 Å². The third-order valence-corrected chi connectivity index (χ3v) is 5.50. The number of hydrogen-bond donors (Lipinski definition) is 2. The summed E-state index contributed by atoms with van der Waals surface area (Å²) in [7, 11) is 0. The lowest BCUT2D eigenvalue weighted by molar-refractivity contribution is -1.02. The Balaban J connectivity index is 1.42. The predicted octanol–water partition coefficient (Wildman–Crippen LogP) is 0.889. The molecule has 3 rings (SSSR count). The van der Waals surface area contributed by atoms with E-state index in [9.17, 15) is 0 Å². The van der Waals surface area contributed by atoms with Crippen molar-refractivity contribution in [2.45, 2.75) is 39.2 Å². The molecule has 0 unspecified atom stereocenters. The number of piperazine rings is 1. The van der Waals surface area contributed by atoms with Crippen molar-refractivity contribution in [3.05, 3.63) is 47.5 Å². The van der Waals surface area contributed by atoms with E-state index in [0.717, 1.165) is 12.3 Å². The molecule has 120 valence electrons. The highest BCUT2D eigenvalue weighted by atomic mass is 15.3. The maximum atomic E-state index is 2.40. The molecule has 1 aromatic carbocycles. The van der Waals surface area contributed by atoms with Gasteiger partial charge in [0.15, 0.2) is 0 Å². The van der Waals surface area contributed by atoms with Gasteiger partial charge in [-0.2, -0.15) is 0 Å². The number of rotatable bonds is 5. The van der Waals surface area contributed by atoms with E-state index in [1.165, 1.54) is 69.7 Å². The lowest BCUT2D eigenvalue weighted by Crippen LogP contribution is -3.27. The third kappa shape index (κ3) is 4.44. The van der Waals surface area contributed by atoms with Gasteiger partial charge in [0.25, 0.3) is 0 Å². The topological polar surface area (TPSA) is 8.88 Å².